The van der Waals surface area contributed by atoms with Gasteiger partial charge in [-0.2, -0.15) is 5.10 Å². The summed E-state index contributed by atoms with van der Waals surface area (Å²) in [5, 5.41) is 10.4. The molecule has 0 bridgehead atoms. The Hall–Kier alpha value is -2.04. The summed E-state index contributed by atoms with van der Waals surface area (Å²) in [6.45, 7) is 3.64. The molecule has 126 valence electrons. The van der Waals surface area contributed by atoms with Crippen molar-refractivity contribution in [2.45, 2.75) is 20.0 Å². The van der Waals surface area contributed by atoms with Gasteiger partial charge in [-0.05, 0) is 25.1 Å². The number of carbonyl (C=O) groups excluding carboxylic acids is 1. The molecule has 0 aliphatic rings. The Labute approximate surface area is 151 Å². The van der Waals surface area contributed by atoms with Crippen LogP contribution in [0.4, 0.5) is 0 Å². The second-order valence-electron chi connectivity index (χ2n) is 4.63. The van der Waals surface area contributed by atoms with Crippen LogP contribution >= 0.6 is 24.0 Å². The number of rotatable bonds is 6. The Morgan fingerprint density at radius 2 is 2.17 bits per heavy atom. The fourth-order valence-electron chi connectivity index (χ4n) is 1.83. The second kappa shape index (κ2) is 9.18. The number of nitrogens with one attached hydrogen (secondary N) is 2. The molecule has 2 aromatic heterocycles. The highest BCUT2D eigenvalue weighted by molar-refractivity contribution is 14.0. The number of primary amides is 1. The number of hydrogen-bond acceptors (Lipinski definition) is 4. The summed E-state index contributed by atoms with van der Waals surface area (Å²) in [6.07, 6.45) is 1.74. The highest BCUT2D eigenvalue weighted by Gasteiger charge is 2.07. The maximum atomic E-state index is 11.0. The van der Waals surface area contributed by atoms with Crippen molar-refractivity contribution in [2.24, 2.45) is 17.8 Å². The first-order valence-electron chi connectivity index (χ1n) is 6.97. The molecule has 0 aliphatic heterocycles. The molecule has 0 saturated carbocycles. The minimum atomic E-state index is -0.581. The Balaban J connectivity index is 0.00000264. The smallest absolute Gasteiger partial charge is 0.284 e. The minimum Gasteiger partial charge on any atom is -0.454 e. The number of guanidine groups is 1. The monoisotopic (exact) mass is 432 g/mol. The van der Waals surface area contributed by atoms with E-state index in [0.29, 0.717) is 24.8 Å². The Kier molecular flexibility index (Phi) is 7.59. The molecule has 0 unspecified atom stereocenters. The summed E-state index contributed by atoms with van der Waals surface area (Å²) in [5.74, 6) is 0.831. The van der Waals surface area contributed by atoms with Crippen LogP contribution in [0.25, 0.3) is 0 Å². The third-order valence-electron chi connectivity index (χ3n) is 3.00. The zero-order chi connectivity index (χ0) is 15.9. The largest absolute Gasteiger partial charge is 0.454 e. The lowest BCUT2D eigenvalue weighted by Crippen LogP contribution is -2.36. The van der Waals surface area contributed by atoms with Crippen molar-refractivity contribution in [1.82, 2.24) is 20.4 Å². The van der Waals surface area contributed by atoms with Crippen molar-refractivity contribution in [3.05, 3.63) is 41.6 Å². The molecule has 2 heterocycles. The molecule has 0 atom stereocenters. The second-order valence-corrected chi connectivity index (χ2v) is 4.63. The number of nitrogens with zero attached hydrogens (tertiary/aromatic N) is 3. The Bertz CT molecular complexity index is 664. The molecule has 0 aromatic carbocycles. The molecule has 0 radical (unpaired) electrons. The normalized spacial score (nSPS) is 11.0. The lowest BCUT2D eigenvalue weighted by Gasteiger charge is -2.10. The third kappa shape index (κ3) is 5.58. The van der Waals surface area contributed by atoms with E-state index < -0.39 is 5.91 Å². The molecule has 0 aliphatic carbocycles. The van der Waals surface area contributed by atoms with Gasteiger partial charge in [0, 0.05) is 19.8 Å². The quantitative estimate of drug-likeness (QED) is 0.358. The number of halogens is 1. The number of aryl methyl sites for hydroxylation is 1. The van der Waals surface area contributed by atoms with Gasteiger partial charge >= 0.3 is 0 Å². The first kappa shape index (κ1) is 19.0. The van der Waals surface area contributed by atoms with Gasteiger partial charge < -0.3 is 20.8 Å². The fraction of sp³-hybridized carbons (Fsp3) is 0.357. The third-order valence-corrected chi connectivity index (χ3v) is 3.00. The van der Waals surface area contributed by atoms with Gasteiger partial charge in [0.2, 0.25) is 0 Å². The summed E-state index contributed by atoms with van der Waals surface area (Å²) in [4.78, 5) is 15.5. The lowest BCUT2D eigenvalue weighted by atomic mass is 10.4. The van der Waals surface area contributed by atoms with Crippen molar-refractivity contribution >= 4 is 35.8 Å². The van der Waals surface area contributed by atoms with Crippen LogP contribution in [0.2, 0.25) is 0 Å². The standard InChI is InChI=1S/C14H20N6O2.HI/c1-3-16-14(17-8-10-6-7-19-20(10)2)18-9-11-4-5-12(22-11)13(15)21;/h4-7H,3,8-9H2,1-2H3,(H2,15,21)(H2,16,17,18);1H. The average Bonchev–Trinajstić information content (AvgIpc) is 3.11. The summed E-state index contributed by atoms with van der Waals surface area (Å²) in [6, 6.07) is 5.18. The van der Waals surface area contributed by atoms with Gasteiger partial charge in [-0.3, -0.25) is 9.48 Å². The van der Waals surface area contributed by atoms with E-state index in [2.05, 4.69) is 20.7 Å². The molecule has 23 heavy (non-hydrogen) atoms. The number of carbonyl (C=O) groups is 1. The van der Waals surface area contributed by atoms with Crippen molar-refractivity contribution in [2.75, 3.05) is 6.54 Å². The summed E-state index contributed by atoms with van der Waals surface area (Å²) in [5.41, 5.74) is 6.16. The molecule has 0 spiro atoms. The highest BCUT2D eigenvalue weighted by Crippen LogP contribution is 2.06. The van der Waals surface area contributed by atoms with E-state index in [1.54, 1.807) is 23.0 Å². The molecule has 0 saturated heterocycles. The summed E-state index contributed by atoms with van der Waals surface area (Å²) >= 11 is 0. The van der Waals surface area contributed by atoms with Gasteiger partial charge in [0.25, 0.3) is 5.91 Å². The number of nitrogens with two attached hydrogens (primary N) is 1. The highest BCUT2D eigenvalue weighted by atomic mass is 127. The molecule has 0 fully saturated rings. The van der Waals surface area contributed by atoms with Crippen LogP contribution in [0.15, 0.2) is 33.8 Å². The van der Waals surface area contributed by atoms with E-state index in [1.165, 1.54) is 0 Å². The van der Waals surface area contributed by atoms with E-state index in [1.807, 2.05) is 20.0 Å². The van der Waals surface area contributed by atoms with Gasteiger partial charge in [0.15, 0.2) is 11.7 Å². The van der Waals surface area contributed by atoms with Crippen LogP contribution in [0.5, 0.6) is 0 Å². The fourth-order valence-corrected chi connectivity index (χ4v) is 1.83. The molecule has 8 nitrogen and oxygen atoms in total. The Morgan fingerprint density at radius 1 is 1.39 bits per heavy atom. The lowest BCUT2D eigenvalue weighted by molar-refractivity contribution is 0.0972. The first-order valence-corrected chi connectivity index (χ1v) is 6.97. The van der Waals surface area contributed by atoms with Crippen LogP contribution in [-0.2, 0) is 20.1 Å². The topological polar surface area (TPSA) is 110 Å². The SMILES string of the molecule is CCNC(=NCc1ccnn1C)NCc1ccc(C(N)=O)o1.I. The average molecular weight is 432 g/mol. The zero-order valence-electron chi connectivity index (χ0n) is 13.1. The van der Waals surface area contributed by atoms with Crippen molar-refractivity contribution in [1.29, 1.82) is 0 Å². The predicted molar refractivity (Wildman–Crippen MR) is 97.5 cm³/mol. The molecule has 2 rings (SSSR count). The molecule has 9 heteroatoms. The van der Waals surface area contributed by atoms with Crippen molar-refractivity contribution < 1.29 is 9.21 Å². The molecule has 4 N–H and O–H groups in total. The number of hydrogen-bond donors (Lipinski definition) is 3. The maximum absolute atomic E-state index is 11.0. The molecule has 1 amide bonds. The van der Waals surface area contributed by atoms with Crippen LogP contribution in [0.3, 0.4) is 0 Å². The van der Waals surface area contributed by atoms with Crippen LogP contribution in [0, 0.1) is 0 Å². The number of aromatic nitrogens is 2. The van der Waals surface area contributed by atoms with Crippen molar-refractivity contribution in [3.63, 3.8) is 0 Å². The molecular formula is C14H21IN6O2. The maximum Gasteiger partial charge on any atom is 0.284 e. The molecular weight excluding hydrogens is 411 g/mol. The molecule has 2 aromatic rings. The van der Waals surface area contributed by atoms with Gasteiger partial charge in [0.05, 0.1) is 18.8 Å². The minimum absolute atomic E-state index is 0. The van der Waals surface area contributed by atoms with Crippen molar-refractivity contribution in [3.8, 4) is 0 Å². The van der Waals surface area contributed by atoms with E-state index in [9.17, 15) is 4.79 Å². The first-order chi connectivity index (χ1) is 10.6. The van der Waals surface area contributed by atoms with Crippen LogP contribution < -0.4 is 16.4 Å². The van der Waals surface area contributed by atoms with Gasteiger partial charge in [0.1, 0.15) is 5.76 Å². The van der Waals surface area contributed by atoms with E-state index in [0.717, 1.165) is 12.2 Å². The Morgan fingerprint density at radius 3 is 2.74 bits per heavy atom. The number of amides is 1. The van der Waals surface area contributed by atoms with E-state index >= 15 is 0 Å². The van der Waals surface area contributed by atoms with Gasteiger partial charge in [-0.1, -0.05) is 0 Å². The van der Waals surface area contributed by atoms with Gasteiger partial charge in [-0.15, -0.1) is 24.0 Å². The van der Waals surface area contributed by atoms with Crippen LogP contribution in [-0.4, -0.2) is 28.2 Å². The predicted octanol–water partition coefficient (Wildman–Crippen LogP) is 0.985. The van der Waals surface area contributed by atoms with Crippen LogP contribution in [0.1, 0.15) is 28.9 Å². The van der Waals surface area contributed by atoms with E-state index in [-0.39, 0.29) is 29.7 Å². The summed E-state index contributed by atoms with van der Waals surface area (Å²) in [7, 11) is 1.87. The number of furan rings is 1. The number of aliphatic imine (C=N–C) groups is 1. The zero-order valence-corrected chi connectivity index (χ0v) is 15.4. The van der Waals surface area contributed by atoms with E-state index in [4.69, 9.17) is 10.2 Å². The summed E-state index contributed by atoms with van der Waals surface area (Å²) < 4.78 is 7.09. The van der Waals surface area contributed by atoms with Gasteiger partial charge in [-0.25, -0.2) is 4.99 Å².